The van der Waals surface area contributed by atoms with E-state index in [0.717, 1.165) is 24.5 Å². The molecular formula is C16H23IN3OP. The zero-order valence-corrected chi connectivity index (χ0v) is 16.0. The molecule has 6 heteroatoms. The molecule has 0 spiro atoms. The molecule has 3 rings (SSSR count). The fourth-order valence-electron chi connectivity index (χ4n) is 3.53. The van der Waals surface area contributed by atoms with Crippen LogP contribution >= 0.6 is 28.4 Å². The molecule has 120 valence electrons. The van der Waals surface area contributed by atoms with Gasteiger partial charge < -0.3 is 15.2 Å². The Hall–Kier alpha value is -0.230. The number of anilines is 1. The first-order chi connectivity index (χ1) is 10.7. The summed E-state index contributed by atoms with van der Waals surface area (Å²) in [5, 5.41) is 10.9. The molecule has 0 aliphatic carbocycles. The largest absolute Gasteiger partial charge is 0.378 e. The highest BCUT2D eigenvalue weighted by Gasteiger charge is 2.33. The predicted octanol–water partition coefficient (Wildman–Crippen LogP) is 3.86. The molecule has 2 heterocycles. The molecule has 2 aliphatic heterocycles. The van der Waals surface area contributed by atoms with Gasteiger partial charge in [-0.2, -0.15) is 0 Å². The van der Waals surface area contributed by atoms with Crippen molar-refractivity contribution in [2.24, 2.45) is 5.92 Å². The van der Waals surface area contributed by atoms with Gasteiger partial charge in [-0.1, -0.05) is 19.1 Å². The van der Waals surface area contributed by atoms with Gasteiger partial charge in [0.15, 0.2) is 0 Å². The molecule has 22 heavy (non-hydrogen) atoms. The van der Waals surface area contributed by atoms with Crippen molar-refractivity contribution in [1.29, 1.82) is 5.41 Å². The van der Waals surface area contributed by atoms with Crippen LogP contribution < -0.4 is 5.09 Å². The predicted molar refractivity (Wildman–Crippen MR) is 103 cm³/mol. The minimum Gasteiger partial charge on any atom is -0.378 e. The van der Waals surface area contributed by atoms with E-state index >= 15 is 0 Å². The van der Waals surface area contributed by atoms with E-state index in [1.54, 1.807) is 0 Å². The highest BCUT2D eigenvalue weighted by molar-refractivity contribution is 14.2. The molecular weight excluding hydrogens is 408 g/mol. The number of nitrogens with zero attached hydrogens (tertiary/aromatic N) is 1. The van der Waals surface area contributed by atoms with E-state index in [9.17, 15) is 0 Å². The van der Waals surface area contributed by atoms with Crippen molar-refractivity contribution in [2.45, 2.75) is 25.3 Å². The van der Waals surface area contributed by atoms with Gasteiger partial charge in [-0.3, -0.25) is 4.90 Å². The van der Waals surface area contributed by atoms with Crippen LogP contribution in [-0.2, 0) is 4.74 Å². The second-order valence-electron chi connectivity index (χ2n) is 6.27. The number of halogens is 1. The average molecular weight is 431 g/mol. The molecule has 0 bridgehead atoms. The summed E-state index contributed by atoms with van der Waals surface area (Å²) in [7, 11) is 0. The van der Waals surface area contributed by atoms with E-state index in [1.807, 2.05) is 0 Å². The number of rotatable bonds is 5. The van der Waals surface area contributed by atoms with Crippen LogP contribution in [0.25, 0.3) is 0 Å². The Morgan fingerprint density at radius 2 is 2.27 bits per heavy atom. The molecule has 3 unspecified atom stereocenters. The van der Waals surface area contributed by atoms with Crippen LogP contribution in [0.3, 0.4) is 0 Å². The number of benzene rings is 1. The van der Waals surface area contributed by atoms with E-state index in [0.29, 0.717) is 24.3 Å². The molecule has 1 aromatic carbocycles. The third-order valence-electron chi connectivity index (χ3n) is 4.92. The second-order valence-corrected chi connectivity index (χ2v) is 8.33. The van der Waals surface area contributed by atoms with Gasteiger partial charge in [0.05, 0.1) is 19.3 Å². The van der Waals surface area contributed by atoms with Crippen molar-refractivity contribution in [3.63, 3.8) is 0 Å². The van der Waals surface area contributed by atoms with E-state index < -0.39 is 0 Å². The standard InChI is InChI=1S/C16H23IN3OP/c1-11-8-20(14-9-21-10-14)5-4-15(11)12-2-3-13(7-18)16(6-12)19-22-17/h2-3,6-7,11,14-15,18-19,22H,4-5,8-10H2,1H3. The summed E-state index contributed by atoms with van der Waals surface area (Å²) in [6, 6.07) is 7.21. The Kier molecular flexibility index (Phi) is 5.71. The monoisotopic (exact) mass is 431 g/mol. The molecule has 2 aliphatic rings. The lowest BCUT2D eigenvalue weighted by atomic mass is 9.80. The van der Waals surface area contributed by atoms with Gasteiger partial charge in [0, 0.05) is 30.4 Å². The first-order valence-corrected chi connectivity index (χ1v) is 11.9. The Bertz CT molecular complexity index is 538. The fraction of sp³-hybridized carbons (Fsp3) is 0.562. The number of ether oxygens (including phenoxy) is 1. The minimum atomic E-state index is 0.620. The first kappa shape index (κ1) is 16.6. The zero-order valence-electron chi connectivity index (χ0n) is 12.8. The molecule has 0 aromatic heterocycles. The number of hydrogen-bond acceptors (Lipinski definition) is 4. The maximum atomic E-state index is 7.54. The van der Waals surface area contributed by atoms with Gasteiger partial charge in [-0.05, 0) is 58.5 Å². The van der Waals surface area contributed by atoms with E-state index in [-0.39, 0.29) is 0 Å². The SMILES string of the molecule is CC1CN(C2COC2)CCC1c1ccc(C=N)c(NPI)c1. The molecule has 0 amide bonds. The molecule has 2 fully saturated rings. The van der Waals surface area contributed by atoms with Gasteiger partial charge in [0.25, 0.3) is 0 Å². The smallest absolute Gasteiger partial charge is 0.0645 e. The summed E-state index contributed by atoms with van der Waals surface area (Å²) >= 11 is 2.34. The van der Waals surface area contributed by atoms with Crippen LogP contribution in [0, 0.1) is 11.3 Å². The van der Waals surface area contributed by atoms with Crippen molar-refractivity contribution < 1.29 is 4.74 Å². The van der Waals surface area contributed by atoms with Gasteiger partial charge >= 0.3 is 0 Å². The quantitative estimate of drug-likeness (QED) is 0.423. The van der Waals surface area contributed by atoms with Gasteiger partial charge in [0.1, 0.15) is 0 Å². The van der Waals surface area contributed by atoms with Crippen molar-refractivity contribution in [3.05, 3.63) is 29.3 Å². The number of nitrogens with one attached hydrogen (secondary N) is 2. The van der Waals surface area contributed by atoms with Crippen LogP contribution in [0.5, 0.6) is 0 Å². The van der Waals surface area contributed by atoms with Crippen molar-refractivity contribution in [2.75, 3.05) is 31.4 Å². The topological polar surface area (TPSA) is 48.4 Å². The lowest BCUT2D eigenvalue weighted by Crippen LogP contribution is -2.53. The van der Waals surface area contributed by atoms with Crippen LogP contribution in [0.2, 0.25) is 0 Å². The Morgan fingerprint density at radius 1 is 1.45 bits per heavy atom. The average Bonchev–Trinajstić information content (AvgIpc) is 2.46. The highest BCUT2D eigenvalue weighted by atomic mass is 127. The molecule has 3 atom stereocenters. The van der Waals surface area contributed by atoms with Gasteiger partial charge in [0.2, 0.25) is 0 Å². The van der Waals surface area contributed by atoms with E-state index in [2.05, 4.69) is 57.2 Å². The summed E-state index contributed by atoms with van der Waals surface area (Å²) in [4.78, 5) is 2.60. The Morgan fingerprint density at radius 3 is 2.86 bits per heavy atom. The molecule has 2 saturated heterocycles. The molecule has 0 radical (unpaired) electrons. The summed E-state index contributed by atoms with van der Waals surface area (Å²) in [5.74, 6) is 1.28. The van der Waals surface area contributed by atoms with E-state index in [1.165, 1.54) is 31.3 Å². The normalized spacial score (nSPS) is 27.0. The maximum Gasteiger partial charge on any atom is 0.0645 e. The maximum absolute atomic E-state index is 7.54. The summed E-state index contributed by atoms with van der Waals surface area (Å²) in [5.41, 5.74) is 3.49. The number of hydrogen-bond donors (Lipinski definition) is 2. The third-order valence-corrected chi connectivity index (χ3v) is 6.09. The van der Waals surface area contributed by atoms with E-state index in [4.69, 9.17) is 10.1 Å². The fourth-order valence-corrected chi connectivity index (χ4v) is 4.72. The summed E-state index contributed by atoms with van der Waals surface area (Å²) in [6.45, 7) is 6.54. The van der Waals surface area contributed by atoms with Crippen molar-refractivity contribution >= 4 is 40.3 Å². The van der Waals surface area contributed by atoms with Crippen LogP contribution in [-0.4, -0.2) is 43.5 Å². The lowest BCUT2D eigenvalue weighted by Gasteiger charge is -2.44. The molecule has 0 saturated carbocycles. The van der Waals surface area contributed by atoms with Crippen LogP contribution in [0.1, 0.15) is 30.4 Å². The van der Waals surface area contributed by atoms with Crippen molar-refractivity contribution in [3.8, 4) is 0 Å². The third kappa shape index (κ3) is 3.48. The molecule has 4 nitrogen and oxygen atoms in total. The van der Waals surface area contributed by atoms with Gasteiger partial charge in [-0.25, -0.2) is 0 Å². The summed E-state index contributed by atoms with van der Waals surface area (Å²) < 4.78 is 5.33. The number of likely N-dealkylation sites (tertiary alicyclic amines) is 1. The van der Waals surface area contributed by atoms with Crippen molar-refractivity contribution in [1.82, 2.24) is 4.90 Å². The first-order valence-electron chi connectivity index (χ1n) is 7.80. The van der Waals surface area contributed by atoms with Crippen LogP contribution in [0.4, 0.5) is 5.69 Å². The minimum absolute atomic E-state index is 0.620. The summed E-state index contributed by atoms with van der Waals surface area (Å²) in [6.07, 6.45) is 3.28. The zero-order chi connectivity index (χ0) is 15.5. The Balaban J connectivity index is 1.73. The van der Waals surface area contributed by atoms with Gasteiger partial charge in [-0.15, -0.1) is 0 Å². The molecule has 2 N–H and O–H groups in total. The van der Waals surface area contributed by atoms with Crippen LogP contribution in [0.15, 0.2) is 18.2 Å². The second kappa shape index (κ2) is 7.56. The highest BCUT2D eigenvalue weighted by Crippen LogP contribution is 2.37. The Labute approximate surface area is 147 Å². The molecule has 1 aromatic rings. The number of piperidine rings is 1. The lowest BCUT2D eigenvalue weighted by molar-refractivity contribution is -0.0773.